The molecule has 0 aliphatic rings. The van der Waals surface area contributed by atoms with Gasteiger partial charge in [-0.3, -0.25) is 4.98 Å². The Kier molecular flexibility index (Phi) is 4.47. The van der Waals surface area contributed by atoms with Crippen LogP contribution in [0.15, 0.2) is 42.7 Å². The lowest BCUT2D eigenvalue weighted by Crippen LogP contribution is -2.13. The fraction of sp³-hybridized carbons (Fsp3) is 0.267. The summed E-state index contributed by atoms with van der Waals surface area (Å²) in [6.45, 7) is 2.32. The molecule has 6 heteroatoms. The summed E-state index contributed by atoms with van der Waals surface area (Å²) in [5.74, 6) is 0.593. The van der Waals surface area contributed by atoms with E-state index in [4.69, 9.17) is 4.74 Å². The van der Waals surface area contributed by atoms with E-state index in [0.29, 0.717) is 17.9 Å². The zero-order valence-electron chi connectivity index (χ0n) is 11.3. The van der Waals surface area contributed by atoms with Gasteiger partial charge >= 0.3 is 6.18 Å². The lowest BCUT2D eigenvalue weighted by Gasteiger charge is -2.17. The summed E-state index contributed by atoms with van der Waals surface area (Å²) in [5.41, 5.74) is -0.815. The van der Waals surface area contributed by atoms with Crippen LogP contribution in [0, 0.1) is 0 Å². The Morgan fingerprint density at radius 2 is 1.86 bits per heavy atom. The fourth-order valence-electron chi connectivity index (χ4n) is 1.98. The molecule has 0 aliphatic heterocycles. The molecule has 0 saturated carbocycles. The van der Waals surface area contributed by atoms with E-state index in [0.717, 1.165) is 18.5 Å². The first-order chi connectivity index (χ1) is 9.93. The maximum Gasteiger partial charge on any atom is 0.416 e. The van der Waals surface area contributed by atoms with Crippen molar-refractivity contribution in [2.75, 3.05) is 6.61 Å². The number of rotatable bonds is 4. The van der Waals surface area contributed by atoms with Gasteiger partial charge in [-0.25, -0.2) is 0 Å². The van der Waals surface area contributed by atoms with Crippen LogP contribution in [0.1, 0.15) is 29.7 Å². The van der Waals surface area contributed by atoms with Crippen molar-refractivity contribution in [3.63, 3.8) is 0 Å². The van der Waals surface area contributed by atoms with Crippen molar-refractivity contribution in [2.45, 2.75) is 19.2 Å². The lowest BCUT2D eigenvalue weighted by atomic mass is 9.98. The highest BCUT2D eigenvalue weighted by atomic mass is 19.4. The van der Waals surface area contributed by atoms with E-state index in [9.17, 15) is 18.3 Å². The first-order valence-corrected chi connectivity index (χ1v) is 6.35. The Morgan fingerprint density at radius 1 is 1.19 bits per heavy atom. The van der Waals surface area contributed by atoms with Gasteiger partial charge in [0.1, 0.15) is 11.9 Å². The number of nitrogens with zero attached hydrogens (tertiary/aromatic N) is 1. The second-order valence-corrected chi connectivity index (χ2v) is 4.37. The molecule has 1 heterocycles. The summed E-state index contributed by atoms with van der Waals surface area (Å²) in [6.07, 6.45) is -3.85. The molecule has 0 bridgehead atoms. The monoisotopic (exact) mass is 297 g/mol. The second-order valence-electron chi connectivity index (χ2n) is 4.37. The number of ether oxygens (including phenoxy) is 1. The molecule has 112 valence electrons. The van der Waals surface area contributed by atoms with Crippen molar-refractivity contribution in [1.29, 1.82) is 0 Å². The largest absolute Gasteiger partial charge is 0.494 e. The van der Waals surface area contributed by atoms with Crippen molar-refractivity contribution in [3.05, 3.63) is 59.4 Å². The average molecular weight is 297 g/mol. The highest BCUT2D eigenvalue weighted by Crippen LogP contribution is 2.36. The number of aliphatic hydroxyl groups is 1. The number of aromatic nitrogens is 1. The molecule has 0 saturated heterocycles. The van der Waals surface area contributed by atoms with Crippen molar-refractivity contribution in [2.24, 2.45) is 0 Å². The Bertz CT molecular complexity index is 597. The molecular formula is C15H14F3NO2. The first-order valence-electron chi connectivity index (χ1n) is 6.35. The van der Waals surface area contributed by atoms with Crippen molar-refractivity contribution in [1.82, 2.24) is 4.98 Å². The summed E-state index contributed by atoms with van der Waals surface area (Å²) in [7, 11) is 0. The number of pyridine rings is 1. The number of hydrogen-bond donors (Lipinski definition) is 1. The van der Waals surface area contributed by atoms with E-state index < -0.39 is 17.8 Å². The van der Waals surface area contributed by atoms with Gasteiger partial charge in [0, 0.05) is 18.0 Å². The predicted molar refractivity (Wildman–Crippen MR) is 70.9 cm³/mol. The normalized spacial score (nSPS) is 13.0. The maximum atomic E-state index is 12.9. The molecule has 2 rings (SSSR count). The van der Waals surface area contributed by atoms with E-state index in [1.54, 1.807) is 12.1 Å². The molecule has 0 aliphatic carbocycles. The summed E-state index contributed by atoms with van der Waals surface area (Å²) < 4.78 is 44.0. The molecule has 21 heavy (non-hydrogen) atoms. The summed E-state index contributed by atoms with van der Waals surface area (Å²) in [6, 6.07) is 7.12. The van der Waals surface area contributed by atoms with Gasteiger partial charge in [-0.2, -0.15) is 13.2 Å². The standard InChI is InChI=1S/C15H14F3NO2/c1-2-21-11-5-3-10(4-6-11)14(20)12-9-19-8-7-13(12)15(16,17)18/h3-9,14,20H,2H2,1H3. The molecule has 1 aromatic carbocycles. The summed E-state index contributed by atoms with van der Waals surface area (Å²) >= 11 is 0. The molecule has 0 radical (unpaired) electrons. The fourth-order valence-corrected chi connectivity index (χ4v) is 1.98. The highest BCUT2D eigenvalue weighted by Gasteiger charge is 2.35. The molecule has 0 spiro atoms. The number of aliphatic hydroxyl groups excluding tert-OH is 1. The minimum Gasteiger partial charge on any atom is -0.494 e. The van der Waals surface area contributed by atoms with Crippen LogP contribution in [0.4, 0.5) is 13.2 Å². The van der Waals surface area contributed by atoms with E-state index in [1.807, 2.05) is 6.92 Å². The minimum absolute atomic E-state index is 0.269. The zero-order chi connectivity index (χ0) is 15.5. The van der Waals surface area contributed by atoms with Crippen molar-refractivity contribution < 1.29 is 23.0 Å². The van der Waals surface area contributed by atoms with Crippen molar-refractivity contribution >= 4 is 0 Å². The molecule has 2 aromatic rings. The zero-order valence-corrected chi connectivity index (χ0v) is 11.3. The third kappa shape index (κ3) is 3.52. The SMILES string of the molecule is CCOc1ccc(C(O)c2cnccc2C(F)(F)F)cc1. The van der Waals surface area contributed by atoms with Crippen LogP contribution < -0.4 is 4.74 Å². The van der Waals surface area contributed by atoms with Crippen LogP contribution in [0.25, 0.3) is 0 Å². The van der Waals surface area contributed by atoms with Crippen LogP contribution in [0.5, 0.6) is 5.75 Å². The molecule has 3 nitrogen and oxygen atoms in total. The van der Waals surface area contributed by atoms with Crippen LogP contribution in [0.3, 0.4) is 0 Å². The van der Waals surface area contributed by atoms with Crippen LogP contribution in [-0.4, -0.2) is 16.7 Å². The van der Waals surface area contributed by atoms with Gasteiger partial charge in [0.05, 0.1) is 12.2 Å². The van der Waals surface area contributed by atoms with E-state index in [-0.39, 0.29) is 5.56 Å². The molecular weight excluding hydrogens is 283 g/mol. The Balaban J connectivity index is 2.34. The summed E-state index contributed by atoms with van der Waals surface area (Å²) in [4.78, 5) is 3.67. The predicted octanol–water partition coefficient (Wildman–Crippen LogP) is 3.58. The number of halogens is 3. The van der Waals surface area contributed by atoms with Gasteiger partial charge in [-0.1, -0.05) is 12.1 Å². The van der Waals surface area contributed by atoms with Crippen LogP contribution in [-0.2, 0) is 6.18 Å². The van der Waals surface area contributed by atoms with Gasteiger partial charge in [-0.15, -0.1) is 0 Å². The molecule has 0 fully saturated rings. The Hall–Kier alpha value is -2.08. The third-order valence-corrected chi connectivity index (χ3v) is 2.96. The van der Waals surface area contributed by atoms with Gasteiger partial charge in [0.25, 0.3) is 0 Å². The first kappa shape index (κ1) is 15.3. The third-order valence-electron chi connectivity index (χ3n) is 2.96. The molecule has 0 amide bonds. The smallest absolute Gasteiger partial charge is 0.416 e. The molecule has 1 atom stereocenters. The molecule has 1 aromatic heterocycles. The van der Waals surface area contributed by atoms with E-state index in [2.05, 4.69) is 4.98 Å². The summed E-state index contributed by atoms with van der Waals surface area (Å²) in [5, 5.41) is 10.2. The second kappa shape index (κ2) is 6.13. The van der Waals surface area contributed by atoms with Crippen LogP contribution >= 0.6 is 0 Å². The lowest BCUT2D eigenvalue weighted by molar-refractivity contribution is -0.139. The van der Waals surface area contributed by atoms with Crippen LogP contribution in [0.2, 0.25) is 0 Å². The quantitative estimate of drug-likeness (QED) is 0.938. The van der Waals surface area contributed by atoms with Gasteiger partial charge in [0.15, 0.2) is 0 Å². The number of hydrogen-bond acceptors (Lipinski definition) is 3. The molecule has 1 N–H and O–H groups in total. The van der Waals surface area contributed by atoms with E-state index in [1.165, 1.54) is 12.1 Å². The average Bonchev–Trinajstić information content (AvgIpc) is 2.47. The maximum absolute atomic E-state index is 12.9. The Morgan fingerprint density at radius 3 is 2.43 bits per heavy atom. The van der Waals surface area contributed by atoms with Gasteiger partial charge in [0.2, 0.25) is 0 Å². The van der Waals surface area contributed by atoms with Crippen molar-refractivity contribution in [3.8, 4) is 5.75 Å². The number of benzene rings is 1. The van der Waals surface area contributed by atoms with E-state index >= 15 is 0 Å². The number of alkyl halides is 3. The Labute approximate surface area is 120 Å². The topological polar surface area (TPSA) is 42.4 Å². The minimum atomic E-state index is -4.54. The highest BCUT2D eigenvalue weighted by molar-refractivity contribution is 5.37. The van der Waals surface area contributed by atoms with Gasteiger partial charge in [-0.05, 0) is 30.7 Å². The molecule has 1 unspecified atom stereocenters. The van der Waals surface area contributed by atoms with Gasteiger partial charge < -0.3 is 9.84 Å².